The van der Waals surface area contributed by atoms with Crippen LogP contribution in [0.5, 0.6) is 0 Å². The van der Waals surface area contributed by atoms with Crippen molar-refractivity contribution >= 4 is 27.4 Å². The summed E-state index contributed by atoms with van der Waals surface area (Å²) in [6.45, 7) is 2.48. The van der Waals surface area contributed by atoms with Crippen LogP contribution in [0.2, 0.25) is 0 Å². The standard InChI is InChI=1S/C18H22N6S/c1-24(2)10-15-22-17(21-13-8-19-20-9-13)16-14(11-25-18(16)23-15)12-6-4-3-5-7-12/h3-7,11,13,19-20H,8-10H2,1-2H3,(H,21,22,23). The topological polar surface area (TPSA) is 65.1 Å². The number of aromatic nitrogens is 2. The highest BCUT2D eigenvalue weighted by molar-refractivity contribution is 7.17. The fourth-order valence-electron chi connectivity index (χ4n) is 3.03. The summed E-state index contributed by atoms with van der Waals surface area (Å²) in [4.78, 5) is 12.8. The predicted octanol–water partition coefficient (Wildman–Crippen LogP) is 2.31. The Morgan fingerprint density at radius 1 is 1.16 bits per heavy atom. The highest BCUT2D eigenvalue weighted by atomic mass is 32.1. The van der Waals surface area contributed by atoms with Gasteiger partial charge in [-0.3, -0.25) is 10.9 Å². The van der Waals surface area contributed by atoms with Gasteiger partial charge in [0.2, 0.25) is 0 Å². The number of rotatable bonds is 5. The Labute approximate surface area is 151 Å². The maximum absolute atomic E-state index is 4.85. The first-order chi connectivity index (χ1) is 12.2. The first kappa shape index (κ1) is 16.4. The Kier molecular flexibility index (Phi) is 4.63. The van der Waals surface area contributed by atoms with E-state index in [1.807, 2.05) is 20.2 Å². The summed E-state index contributed by atoms with van der Waals surface area (Å²) < 4.78 is 0. The predicted molar refractivity (Wildman–Crippen MR) is 104 cm³/mol. The van der Waals surface area contributed by atoms with E-state index in [1.165, 1.54) is 11.1 Å². The highest BCUT2D eigenvalue weighted by Gasteiger charge is 2.20. The van der Waals surface area contributed by atoms with E-state index in [1.54, 1.807) is 11.3 Å². The number of anilines is 1. The van der Waals surface area contributed by atoms with Crippen molar-refractivity contribution in [1.29, 1.82) is 0 Å². The summed E-state index contributed by atoms with van der Waals surface area (Å²) in [5, 5.41) is 6.91. The third-order valence-electron chi connectivity index (χ3n) is 4.19. The fourth-order valence-corrected chi connectivity index (χ4v) is 4.00. The van der Waals surface area contributed by atoms with Crippen molar-refractivity contribution in [1.82, 2.24) is 25.7 Å². The zero-order valence-electron chi connectivity index (χ0n) is 14.4. The number of fused-ring (bicyclic) bond motifs is 1. The quantitative estimate of drug-likeness (QED) is 0.653. The van der Waals surface area contributed by atoms with Crippen molar-refractivity contribution in [2.24, 2.45) is 0 Å². The molecule has 0 atom stereocenters. The highest BCUT2D eigenvalue weighted by Crippen LogP contribution is 2.37. The average molecular weight is 354 g/mol. The molecule has 3 heterocycles. The molecule has 0 unspecified atom stereocenters. The summed E-state index contributed by atoms with van der Waals surface area (Å²) in [7, 11) is 4.07. The zero-order chi connectivity index (χ0) is 17.2. The second-order valence-electron chi connectivity index (χ2n) is 6.52. The van der Waals surface area contributed by atoms with Gasteiger partial charge in [-0.25, -0.2) is 9.97 Å². The molecule has 3 N–H and O–H groups in total. The van der Waals surface area contributed by atoms with E-state index >= 15 is 0 Å². The molecule has 4 rings (SSSR count). The van der Waals surface area contributed by atoms with Gasteiger partial charge in [0.15, 0.2) is 0 Å². The van der Waals surface area contributed by atoms with Crippen LogP contribution in [0.15, 0.2) is 35.7 Å². The van der Waals surface area contributed by atoms with Gasteiger partial charge in [-0.1, -0.05) is 30.3 Å². The number of hydrogen-bond donors (Lipinski definition) is 3. The lowest BCUT2D eigenvalue weighted by Gasteiger charge is -2.15. The van der Waals surface area contributed by atoms with Crippen LogP contribution in [0.3, 0.4) is 0 Å². The molecule has 7 heteroatoms. The zero-order valence-corrected chi connectivity index (χ0v) is 15.2. The number of thiophene rings is 1. The number of hydrazine groups is 1. The van der Waals surface area contributed by atoms with Gasteiger partial charge in [0, 0.05) is 24.0 Å². The van der Waals surface area contributed by atoms with Crippen LogP contribution in [0.25, 0.3) is 21.3 Å². The molecule has 0 amide bonds. The molecule has 0 bridgehead atoms. The van der Waals surface area contributed by atoms with E-state index in [2.05, 4.69) is 50.7 Å². The third-order valence-corrected chi connectivity index (χ3v) is 5.06. The summed E-state index contributed by atoms with van der Waals surface area (Å²) in [6, 6.07) is 10.8. The second-order valence-corrected chi connectivity index (χ2v) is 7.38. The third kappa shape index (κ3) is 3.50. The molecule has 0 radical (unpaired) electrons. The van der Waals surface area contributed by atoms with Crippen LogP contribution in [-0.2, 0) is 6.54 Å². The van der Waals surface area contributed by atoms with Crippen molar-refractivity contribution in [3.8, 4) is 11.1 Å². The first-order valence-electron chi connectivity index (χ1n) is 8.41. The first-order valence-corrected chi connectivity index (χ1v) is 9.29. The average Bonchev–Trinajstić information content (AvgIpc) is 3.24. The molecule has 1 fully saturated rings. The van der Waals surface area contributed by atoms with Crippen LogP contribution in [0.4, 0.5) is 5.82 Å². The maximum Gasteiger partial charge on any atom is 0.146 e. The van der Waals surface area contributed by atoms with Crippen LogP contribution in [0, 0.1) is 0 Å². The van der Waals surface area contributed by atoms with E-state index in [0.29, 0.717) is 6.04 Å². The molecular weight excluding hydrogens is 332 g/mol. The lowest BCUT2D eigenvalue weighted by molar-refractivity contribution is 0.391. The van der Waals surface area contributed by atoms with E-state index in [4.69, 9.17) is 9.97 Å². The van der Waals surface area contributed by atoms with Gasteiger partial charge < -0.3 is 10.2 Å². The molecule has 130 valence electrons. The number of benzene rings is 1. The minimum Gasteiger partial charge on any atom is -0.364 e. The maximum atomic E-state index is 4.85. The van der Waals surface area contributed by atoms with Gasteiger partial charge >= 0.3 is 0 Å². The number of nitrogens with one attached hydrogen (secondary N) is 3. The van der Waals surface area contributed by atoms with Crippen molar-refractivity contribution < 1.29 is 0 Å². The molecule has 0 spiro atoms. The SMILES string of the molecule is CN(C)Cc1nc(NC2CNNC2)c2c(-c3ccccc3)csc2n1. The van der Waals surface area contributed by atoms with E-state index in [9.17, 15) is 0 Å². The monoisotopic (exact) mass is 354 g/mol. The molecule has 0 aliphatic carbocycles. The Morgan fingerprint density at radius 2 is 1.92 bits per heavy atom. The molecule has 6 nitrogen and oxygen atoms in total. The van der Waals surface area contributed by atoms with Crippen molar-refractivity contribution in [2.75, 3.05) is 32.5 Å². The van der Waals surface area contributed by atoms with Crippen LogP contribution in [0.1, 0.15) is 5.82 Å². The summed E-state index contributed by atoms with van der Waals surface area (Å²) >= 11 is 1.68. The Hall–Kier alpha value is -2.06. The Morgan fingerprint density at radius 3 is 2.64 bits per heavy atom. The van der Waals surface area contributed by atoms with Crippen molar-refractivity contribution in [2.45, 2.75) is 12.6 Å². The largest absolute Gasteiger partial charge is 0.364 e. The van der Waals surface area contributed by atoms with Gasteiger partial charge in [-0.05, 0) is 19.7 Å². The molecule has 3 aromatic rings. The fraction of sp³-hybridized carbons (Fsp3) is 0.333. The minimum atomic E-state index is 0.314. The van der Waals surface area contributed by atoms with Crippen LogP contribution < -0.4 is 16.2 Å². The van der Waals surface area contributed by atoms with E-state index in [0.717, 1.165) is 41.5 Å². The van der Waals surface area contributed by atoms with Crippen molar-refractivity contribution in [3.63, 3.8) is 0 Å². The van der Waals surface area contributed by atoms with Crippen LogP contribution in [-0.4, -0.2) is 48.1 Å². The summed E-state index contributed by atoms with van der Waals surface area (Å²) in [6.07, 6.45) is 0. The van der Waals surface area contributed by atoms with Gasteiger partial charge in [0.25, 0.3) is 0 Å². The van der Waals surface area contributed by atoms with Gasteiger partial charge in [-0.15, -0.1) is 11.3 Å². The van der Waals surface area contributed by atoms with Crippen molar-refractivity contribution in [3.05, 3.63) is 41.5 Å². The number of hydrogen-bond acceptors (Lipinski definition) is 7. The Balaban J connectivity index is 1.82. The molecule has 0 saturated carbocycles. The van der Waals surface area contributed by atoms with Crippen LogP contribution >= 0.6 is 11.3 Å². The lowest BCUT2D eigenvalue weighted by atomic mass is 10.1. The molecule has 2 aromatic heterocycles. The number of nitrogens with zero attached hydrogens (tertiary/aromatic N) is 3. The smallest absolute Gasteiger partial charge is 0.146 e. The molecule has 1 aliphatic heterocycles. The molecule has 25 heavy (non-hydrogen) atoms. The van der Waals surface area contributed by atoms with E-state index < -0.39 is 0 Å². The Bertz CT molecular complexity index is 855. The van der Waals surface area contributed by atoms with Gasteiger partial charge in [0.1, 0.15) is 16.5 Å². The second kappa shape index (κ2) is 7.05. The minimum absolute atomic E-state index is 0.314. The van der Waals surface area contributed by atoms with Gasteiger partial charge in [0.05, 0.1) is 18.0 Å². The summed E-state index contributed by atoms with van der Waals surface area (Å²) in [5.41, 5.74) is 8.72. The van der Waals surface area contributed by atoms with Gasteiger partial charge in [-0.2, -0.15) is 0 Å². The lowest BCUT2D eigenvalue weighted by Crippen LogP contribution is -2.25. The summed E-state index contributed by atoms with van der Waals surface area (Å²) in [5.74, 6) is 1.78. The normalized spacial score (nSPS) is 15.3. The molecule has 1 aliphatic rings. The molecular formula is C18H22N6S. The molecule has 1 aromatic carbocycles. The van der Waals surface area contributed by atoms with E-state index in [-0.39, 0.29) is 0 Å². The molecule has 1 saturated heterocycles.